The lowest BCUT2D eigenvalue weighted by Crippen LogP contribution is -2.48. The maximum Gasteiger partial charge on any atom is 0.416 e. The Labute approximate surface area is 197 Å². The molecule has 35 heavy (non-hydrogen) atoms. The van der Waals surface area contributed by atoms with Gasteiger partial charge in [-0.05, 0) is 73.7 Å². The molecule has 11 heteroatoms. The smallest absolute Gasteiger partial charge is 0.393 e. The molecule has 1 fully saturated rings. The Hall–Kier alpha value is -2.82. The summed E-state index contributed by atoms with van der Waals surface area (Å²) in [6, 6.07) is 2.84. The molecule has 0 bridgehead atoms. The van der Waals surface area contributed by atoms with Crippen LogP contribution < -0.4 is 0 Å². The summed E-state index contributed by atoms with van der Waals surface area (Å²) in [4.78, 5) is 15.9. The number of urea groups is 1. The van der Waals surface area contributed by atoms with Gasteiger partial charge in [-0.2, -0.15) is 26.3 Å². The molecule has 0 unspecified atom stereocenters. The Balaban J connectivity index is 1.95. The molecule has 3 atom stereocenters. The number of alkyl halides is 6. The van der Waals surface area contributed by atoms with Crippen LogP contribution in [0.3, 0.4) is 0 Å². The molecule has 1 saturated heterocycles. The maximum atomic E-state index is 13.6. The molecule has 0 spiro atoms. The van der Waals surface area contributed by atoms with Gasteiger partial charge in [-0.1, -0.05) is 6.07 Å². The number of aryl methyl sites for hydroxylation is 1. The van der Waals surface area contributed by atoms with Crippen molar-refractivity contribution in [1.82, 2.24) is 9.80 Å². The van der Waals surface area contributed by atoms with Crippen LogP contribution in [0.2, 0.25) is 0 Å². The van der Waals surface area contributed by atoms with Crippen molar-refractivity contribution in [3.8, 4) is 0 Å². The summed E-state index contributed by atoms with van der Waals surface area (Å²) >= 11 is 0. The highest BCUT2D eigenvalue weighted by Gasteiger charge is 2.39. The van der Waals surface area contributed by atoms with Crippen LogP contribution in [0.5, 0.6) is 0 Å². The van der Waals surface area contributed by atoms with Crippen molar-refractivity contribution in [2.75, 3.05) is 13.6 Å². The van der Waals surface area contributed by atoms with E-state index in [1.54, 1.807) is 6.92 Å². The number of aliphatic hydroxyl groups excluding tert-OH is 1. The predicted octanol–water partition coefficient (Wildman–Crippen LogP) is 6.48. The average molecular weight is 506 g/mol. The average Bonchev–Trinajstić information content (AvgIpc) is 2.76. The third-order valence-electron chi connectivity index (χ3n) is 6.39. The highest BCUT2D eigenvalue weighted by molar-refractivity contribution is 5.75. The van der Waals surface area contributed by atoms with E-state index in [4.69, 9.17) is 0 Å². The number of benzene rings is 2. The molecule has 192 valence electrons. The summed E-state index contributed by atoms with van der Waals surface area (Å²) in [6.45, 7) is 3.09. The van der Waals surface area contributed by atoms with Crippen LogP contribution in [0.25, 0.3) is 0 Å². The summed E-state index contributed by atoms with van der Waals surface area (Å²) in [5, 5.41) is 10.2. The number of piperidine rings is 1. The number of carbonyl (C=O) groups excluding carboxylic acids is 1. The Kier molecular flexibility index (Phi) is 7.40. The van der Waals surface area contributed by atoms with Gasteiger partial charge in [0, 0.05) is 13.6 Å². The Morgan fingerprint density at radius 3 is 2.14 bits per heavy atom. The van der Waals surface area contributed by atoms with Gasteiger partial charge in [-0.25, -0.2) is 9.18 Å². The van der Waals surface area contributed by atoms with E-state index in [2.05, 4.69) is 0 Å². The highest BCUT2D eigenvalue weighted by atomic mass is 19.4. The summed E-state index contributed by atoms with van der Waals surface area (Å²) in [5.41, 5.74) is -2.11. The summed E-state index contributed by atoms with van der Waals surface area (Å²) in [7, 11) is 1.29. The first-order chi connectivity index (χ1) is 16.1. The summed E-state index contributed by atoms with van der Waals surface area (Å²) < 4.78 is 93.3. The van der Waals surface area contributed by atoms with E-state index in [9.17, 15) is 40.6 Å². The predicted molar refractivity (Wildman–Crippen MR) is 114 cm³/mol. The van der Waals surface area contributed by atoms with E-state index in [-0.39, 0.29) is 31.0 Å². The van der Waals surface area contributed by atoms with Gasteiger partial charge < -0.3 is 14.9 Å². The standard InChI is InChI=1S/C24H25F7N2O2/c1-13-8-18(25)4-5-20(13)21-12-19(34)6-7-33(21)22(35)32(3)14(2)15-9-16(23(26,27)28)11-17(10-15)24(29,30)31/h4-5,8-11,14,19,21,34H,6-7,12H2,1-3H3/t14-,19+,21+/m0/s1. The number of hydrogen-bond acceptors (Lipinski definition) is 2. The van der Waals surface area contributed by atoms with Gasteiger partial charge in [0.2, 0.25) is 0 Å². The molecule has 0 aromatic heterocycles. The monoisotopic (exact) mass is 506 g/mol. The number of nitrogens with zero attached hydrogens (tertiary/aromatic N) is 2. The van der Waals surface area contributed by atoms with Gasteiger partial charge in [0.15, 0.2) is 0 Å². The van der Waals surface area contributed by atoms with Gasteiger partial charge >= 0.3 is 18.4 Å². The summed E-state index contributed by atoms with van der Waals surface area (Å²) in [6.07, 6.45) is -10.3. The number of hydrogen-bond donors (Lipinski definition) is 1. The van der Waals surface area contributed by atoms with Gasteiger partial charge in [0.05, 0.1) is 29.3 Å². The molecule has 0 saturated carbocycles. The zero-order valence-electron chi connectivity index (χ0n) is 19.2. The number of halogens is 7. The van der Waals surface area contributed by atoms with E-state index in [0.717, 1.165) is 4.90 Å². The first-order valence-electron chi connectivity index (χ1n) is 10.9. The van der Waals surface area contributed by atoms with Gasteiger partial charge in [-0.3, -0.25) is 0 Å². The molecular formula is C24H25F7N2O2. The molecule has 2 aromatic carbocycles. The fourth-order valence-electron chi connectivity index (χ4n) is 4.30. The second kappa shape index (κ2) is 9.67. The number of amides is 2. The van der Waals surface area contributed by atoms with Crippen molar-refractivity contribution in [3.63, 3.8) is 0 Å². The quantitative estimate of drug-likeness (QED) is 0.484. The minimum Gasteiger partial charge on any atom is -0.393 e. The van der Waals surface area contributed by atoms with Crippen LogP contribution in [0.1, 0.15) is 59.7 Å². The fourth-order valence-corrected chi connectivity index (χ4v) is 4.30. The second-order valence-corrected chi connectivity index (χ2v) is 8.80. The number of likely N-dealkylation sites (tertiary alicyclic amines) is 1. The van der Waals surface area contributed by atoms with Crippen molar-refractivity contribution in [3.05, 3.63) is 70.0 Å². The van der Waals surface area contributed by atoms with Gasteiger partial charge in [-0.15, -0.1) is 0 Å². The molecule has 2 amide bonds. The third-order valence-corrected chi connectivity index (χ3v) is 6.39. The lowest BCUT2D eigenvalue weighted by atomic mass is 9.91. The molecule has 1 aliphatic heterocycles. The van der Waals surface area contributed by atoms with E-state index in [1.165, 1.54) is 37.1 Å². The molecule has 4 nitrogen and oxygen atoms in total. The van der Waals surface area contributed by atoms with Gasteiger partial charge in [0.1, 0.15) is 5.82 Å². The zero-order chi connectivity index (χ0) is 26.3. The molecule has 1 aliphatic rings. The lowest BCUT2D eigenvalue weighted by molar-refractivity contribution is -0.143. The second-order valence-electron chi connectivity index (χ2n) is 8.80. The van der Waals surface area contributed by atoms with Crippen LogP contribution in [0, 0.1) is 12.7 Å². The van der Waals surface area contributed by atoms with E-state index in [1.807, 2.05) is 0 Å². The van der Waals surface area contributed by atoms with E-state index < -0.39 is 53.5 Å². The normalized spacial score (nSPS) is 20.0. The third kappa shape index (κ3) is 5.88. The zero-order valence-corrected chi connectivity index (χ0v) is 19.2. The molecule has 3 rings (SSSR count). The fraction of sp³-hybridized carbons (Fsp3) is 0.458. The topological polar surface area (TPSA) is 43.8 Å². The van der Waals surface area contributed by atoms with Gasteiger partial charge in [0.25, 0.3) is 0 Å². The van der Waals surface area contributed by atoms with Crippen molar-refractivity contribution in [1.29, 1.82) is 0 Å². The summed E-state index contributed by atoms with van der Waals surface area (Å²) in [5.74, 6) is -0.476. The Morgan fingerprint density at radius 1 is 1.06 bits per heavy atom. The minimum atomic E-state index is -5.01. The van der Waals surface area contributed by atoms with E-state index >= 15 is 0 Å². The largest absolute Gasteiger partial charge is 0.416 e. The van der Waals surface area contributed by atoms with Crippen LogP contribution in [-0.4, -0.2) is 40.6 Å². The maximum absolute atomic E-state index is 13.6. The number of aliphatic hydroxyl groups is 1. The van der Waals surface area contributed by atoms with Crippen molar-refractivity contribution >= 4 is 6.03 Å². The molecule has 0 aliphatic carbocycles. The van der Waals surface area contributed by atoms with Crippen LogP contribution in [0.15, 0.2) is 36.4 Å². The van der Waals surface area contributed by atoms with E-state index in [0.29, 0.717) is 23.3 Å². The lowest BCUT2D eigenvalue weighted by Gasteiger charge is -2.42. The van der Waals surface area contributed by atoms with Crippen molar-refractivity contribution < 1.29 is 40.6 Å². The minimum absolute atomic E-state index is 0.0391. The number of rotatable bonds is 3. The molecule has 1 N–H and O–H groups in total. The molecule has 0 radical (unpaired) electrons. The van der Waals surface area contributed by atoms with Crippen LogP contribution >= 0.6 is 0 Å². The number of carbonyl (C=O) groups is 1. The van der Waals surface area contributed by atoms with Crippen LogP contribution in [0.4, 0.5) is 35.5 Å². The first kappa shape index (κ1) is 26.8. The van der Waals surface area contributed by atoms with Crippen molar-refractivity contribution in [2.45, 2.75) is 57.2 Å². The SMILES string of the molecule is Cc1cc(F)ccc1[C@H]1C[C@H](O)CCN1C(=O)N(C)[C@@H](C)c1cc(C(F)(F)F)cc(C(F)(F)F)c1. The Morgan fingerprint density at radius 2 is 1.63 bits per heavy atom. The van der Waals surface area contributed by atoms with Crippen LogP contribution in [-0.2, 0) is 12.4 Å². The molecule has 2 aromatic rings. The molecular weight excluding hydrogens is 481 g/mol. The first-order valence-corrected chi connectivity index (χ1v) is 10.9. The highest BCUT2D eigenvalue weighted by Crippen LogP contribution is 2.39. The Bertz CT molecular complexity index is 1050. The molecule has 1 heterocycles. The van der Waals surface area contributed by atoms with Crippen molar-refractivity contribution in [2.24, 2.45) is 0 Å².